The Morgan fingerprint density at radius 2 is 1.89 bits per heavy atom. The molecular formula is C25H27ClN2O8S. The smallest absolute Gasteiger partial charge is 0.338 e. The van der Waals surface area contributed by atoms with Gasteiger partial charge in [0.1, 0.15) is 29.6 Å². The number of pyridine rings is 1. The summed E-state index contributed by atoms with van der Waals surface area (Å²) >= 11 is 3.69. The summed E-state index contributed by atoms with van der Waals surface area (Å²) in [6.07, 6.45) is 1.59. The van der Waals surface area contributed by atoms with Gasteiger partial charge in [-0.3, -0.25) is 4.55 Å². The molecule has 3 rings (SSSR count). The highest BCUT2D eigenvalue weighted by Crippen LogP contribution is 2.46. The van der Waals surface area contributed by atoms with Crippen LogP contribution in [0.3, 0.4) is 0 Å². The van der Waals surface area contributed by atoms with Crippen LogP contribution in [0.4, 0.5) is 11.5 Å². The fourth-order valence-corrected chi connectivity index (χ4v) is 4.01. The van der Waals surface area contributed by atoms with E-state index in [4.69, 9.17) is 30.5 Å². The van der Waals surface area contributed by atoms with E-state index in [9.17, 15) is 18.7 Å². The van der Waals surface area contributed by atoms with Gasteiger partial charge in [-0.2, -0.15) is 0 Å². The standard InChI is InChI=1S/C25H27ClN2O8S/c1-15(2)16-5-8-23(27-14-16)28(37(31)32)20-11-17(25(30)34-4)12-22(35-10-9-29)24(20)36-21-13-18(33-3)6-7-19(21)26/h5-8,11-15,29H,9-10H2,1-4H3,(H,31,32). The van der Waals surface area contributed by atoms with Crippen LogP contribution < -0.4 is 18.5 Å². The summed E-state index contributed by atoms with van der Waals surface area (Å²) in [4.78, 5) is 16.8. The van der Waals surface area contributed by atoms with Gasteiger partial charge in [-0.1, -0.05) is 31.5 Å². The van der Waals surface area contributed by atoms with E-state index in [-0.39, 0.29) is 58.5 Å². The Hall–Kier alpha value is -3.38. The molecular weight excluding hydrogens is 524 g/mol. The highest BCUT2D eigenvalue weighted by molar-refractivity contribution is 7.81. The summed E-state index contributed by atoms with van der Waals surface area (Å²) in [5.41, 5.74) is 0.881. The second kappa shape index (κ2) is 12.7. The number of nitrogens with zero attached hydrogens (tertiary/aromatic N) is 2. The lowest BCUT2D eigenvalue weighted by atomic mass is 10.1. The third kappa shape index (κ3) is 6.69. The molecule has 37 heavy (non-hydrogen) atoms. The number of esters is 1. The number of aromatic nitrogens is 1. The number of anilines is 2. The van der Waals surface area contributed by atoms with Crippen molar-refractivity contribution in [3.8, 4) is 23.0 Å². The molecule has 3 aromatic rings. The molecule has 0 saturated heterocycles. The number of ether oxygens (including phenoxy) is 4. The number of aliphatic hydroxyl groups is 1. The Morgan fingerprint density at radius 3 is 2.46 bits per heavy atom. The van der Waals surface area contributed by atoms with Crippen LogP contribution >= 0.6 is 11.6 Å². The molecule has 0 aliphatic carbocycles. The van der Waals surface area contributed by atoms with E-state index in [1.54, 1.807) is 30.5 Å². The minimum Gasteiger partial charge on any atom is -0.497 e. The summed E-state index contributed by atoms with van der Waals surface area (Å²) in [5.74, 6) is 0.0698. The first-order chi connectivity index (χ1) is 17.7. The van der Waals surface area contributed by atoms with Gasteiger partial charge in [-0.05, 0) is 41.8 Å². The van der Waals surface area contributed by atoms with E-state index in [0.29, 0.717) is 5.75 Å². The quantitative estimate of drug-likeness (QED) is 0.248. The highest BCUT2D eigenvalue weighted by atomic mass is 35.5. The first-order valence-electron chi connectivity index (χ1n) is 11.1. The summed E-state index contributed by atoms with van der Waals surface area (Å²) in [5, 5.41) is 9.57. The number of rotatable bonds is 11. The van der Waals surface area contributed by atoms with E-state index < -0.39 is 17.2 Å². The van der Waals surface area contributed by atoms with Crippen molar-refractivity contribution in [1.29, 1.82) is 0 Å². The number of aliphatic hydroxyl groups excluding tert-OH is 1. The maximum Gasteiger partial charge on any atom is 0.338 e. The van der Waals surface area contributed by atoms with E-state index in [0.717, 1.165) is 9.87 Å². The molecule has 0 radical (unpaired) electrons. The second-order valence-corrected chi connectivity index (χ2v) is 9.15. The normalized spacial score (nSPS) is 11.7. The molecule has 1 unspecified atom stereocenters. The first kappa shape index (κ1) is 28.2. The van der Waals surface area contributed by atoms with Gasteiger partial charge < -0.3 is 24.1 Å². The van der Waals surface area contributed by atoms with Crippen LogP contribution in [0.25, 0.3) is 0 Å². The lowest BCUT2D eigenvalue weighted by molar-refractivity contribution is 0.0600. The zero-order chi connectivity index (χ0) is 27.1. The first-order valence-corrected chi connectivity index (χ1v) is 12.5. The Morgan fingerprint density at radius 1 is 1.14 bits per heavy atom. The summed E-state index contributed by atoms with van der Waals surface area (Å²) in [6, 6.07) is 10.7. The Balaban J connectivity index is 2.29. The van der Waals surface area contributed by atoms with Gasteiger partial charge in [0, 0.05) is 12.3 Å². The lowest BCUT2D eigenvalue weighted by Crippen LogP contribution is -2.22. The zero-order valence-electron chi connectivity index (χ0n) is 20.6. The van der Waals surface area contributed by atoms with Crippen LogP contribution in [0.1, 0.15) is 35.7 Å². The second-order valence-electron chi connectivity index (χ2n) is 7.91. The molecule has 1 aromatic heterocycles. The number of carbonyl (C=O) groups is 1. The molecule has 1 heterocycles. The fourth-order valence-electron chi connectivity index (χ4n) is 3.29. The fraction of sp³-hybridized carbons (Fsp3) is 0.280. The molecule has 0 amide bonds. The molecule has 2 aromatic carbocycles. The van der Waals surface area contributed by atoms with Crippen LogP contribution in [0.15, 0.2) is 48.7 Å². The van der Waals surface area contributed by atoms with Crippen molar-refractivity contribution in [2.75, 3.05) is 31.7 Å². The van der Waals surface area contributed by atoms with Gasteiger partial charge >= 0.3 is 5.97 Å². The topological polar surface area (TPSA) is 128 Å². The minimum absolute atomic E-state index is 0.00350. The monoisotopic (exact) mass is 550 g/mol. The van der Waals surface area contributed by atoms with Crippen LogP contribution in [0.5, 0.6) is 23.0 Å². The summed E-state index contributed by atoms with van der Waals surface area (Å²) in [7, 11) is 2.67. The maximum atomic E-state index is 12.7. The number of benzene rings is 2. The number of hydrogen-bond donors (Lipinski definition) is 2. The molecule has 0 aliphatic rings. The number of halogens is 1. The van der Waals surface area contributed by atoms with E-state index in [1.807, 2.05) is 13.8 Å². The molecule has 0 aliphatic heterocycles. The van der Waals surface area contributed by atoms with Crippen molar-refractivity contribution in [1.82, 2.24) is 4.98 Å². The van der Waals surface area contributed by atoms with E-state index >= 15 is 0 Å². The predicted octanol–water partition coefficient (Wildman–Crippen LogP) is 5.09. The van der Waals surface area contributed by atoms with E-state index in [1.165, 1.54) is 32.4 Å². The largest absolute Gasteiger partial charge is 0.497 e. The van der Waals surface area contributed by atoms with Gasteiger partial charge in [0.05, 0.1) is 31.4 Å². The molecule has 0 spiro atoms. The van der Waals surface area contributed by atoms with E-state index in [2.05, 4.69) is 4.98 Å². The predicted molar refractivity (Wildman–Crippen MR) is 140 cm³/mol. The summed E-state index contributed by atoms with van der Waals surface area (Å²) in [6.45, 7) is 3.49. The van der Waals surface area contributed by atoms with Gasteiger partial charge in [-0.15, -0.1) is 0 Å². The van der Waals surface area contributed by atoms with Gasteiger partial charge in [0.25, 0.3) is 11.3 Å². The Kier molecular flexibility index (Phi) is 9.70. The molecule has 12 heteroatoms. The number of methoxy groups -OCH3 is 2. The third-order valence-corrected chi connectivity index (χ3v) is 6.18. The molecule has 0 fully saturated rings. The van der Waals surface area contributed by atoms with Crippen molar-refractivity contribution in [3.05, 3.63) is 64.8 Å². The SMILES string of the molecule is COC(=O)c1cc(OCCO)c(Oc2cc(OC)ccc2Cl)c(N(c2ccc(C(C)C)cn2)S(=O)O)c1. The molecule has 1 atom stereocenters. The number of hydrogen-bond acceptors (Lipinski definition) is 8. The van der Waals surface area contributed by atoms with Crippen molar-refractivity contribution in [3.63, 3.8) is 0 Å². The average molecular weight is 551 g/mol. The lowest BCUT2D eigenvalue weighted by Gasteiger charge is -2.25. The molecule has 2 N–H and O–H groups in total. The van der Waals surface area contributed by atoms with Crippen LogP contribution in [0.2, 0.25) is 5.02 Å². The third-order valence-electron chi connectivity index (χ3n) is 5.18. The van der Waals surface area contributed by atoms with Crippen LogP contribution in [-0.4, -0.2) is 52.3 Å². The molecule has 0 saturated carbocycles. The van der Waals surface area contributed by atoms with Gasteiger partial charge in [-0.25, -0.2) is 18.3 Å². The van der Waals surface area contributed by atoms with Crippen molar-refractivity contribution in [2.45, 2.75) is 19.8 Å². The van der Waals surface area contributed by atoms with Crippen molar-refractivity contribution >= 4 is 40.3 Å². The molecule has 198 valence electrons. The highest BCUT2D eigenvalue weighted by Gasteiger charge is 2.28. The number of carbonyl (C=O) groups excluding carboxylic acids is 1. The Labute approximate surface area is 222 Å². The Bertz CT molecular complexity index is 1270. The van der Waals surface area contributed by atoms with Crippen molar-refractivity contribution < 1.29 is 37.6 Å². The maximum absolute atomic E-state index is 12.7. The molecule has 0 bridgehead atoms. The zero-order valence-corrected chi connectivity index (χ0v) is 22.2. The average Bonchev–Trinajstić information content (AvgIpc) is 2.89. The van der Waals surface area contributed by atoms with Crippen LogP contribution in [0, 0.1) is 0 Å². The molecule has 10 nitrogen and oxygen atoms in total. The van der Waals surface area contributed by atoms with Crippen LogP contribution in [-0.2, 0) is 16.0 Å². The van der Waals surface area contributed by atoms with Gasteiger partial charge in [0.2, 0.25) is 0 Å². The summed E-state index contributed by atoms with van der Waals surface area (Å²) < 4.78 is 45.8. The van der Waals surface area contributed by atoms with Crippen molar-refractivity contribution in [2.24, 2.45) is 0 Å². The minimum atomic E-state index is -2.66. The van der Waals surface area contributed by atoms with Gasteiger partial charge in [0.15, 0.2) is 11.5 Å².